The second-order valence-corrected chi connectivity index (χ2v) is 5.98. The average Bonchev–Trinajstić information content (AvgIpc) is 2.40. The van der Waals surface area contributed by atoms with Crippen molar-refractivity contribution in [2.24, 2.45) is 0 Å². The molecule has 3 rings (SSSR count). The molecule has 2 aromatic rings. The molecule has 7 heteroatoms. The molecule has 0 atom stereocenters. The number of rotatable bonds is 2. The standard InChI is InChI=1S/C14H13Cl2F2N3/c15-12-7-11-10(13(16)20-12)2-1-9(19-11)8-21-5-3-14(17,18)4-6-21/h1-2,7H,3-6,8H2. The van der Waals surface area contributed by atoms with E-state index in [2.05, 4.69) is 9.97 Å². The van der Waals surface area contributed by atoms with E-state index < -0.39 is 5.92 Å². The Labute approximate surface area is 130 Å². The fraction of sp³-hybridized carbons (Fsp3) is 0.429. The maximum absolute atomic E-state index is 13.1. The summed E-state index contributed by atoms with van der Waals surface area (Å²) in [6, 6.07) is 5.33. The second-order valence-electron chi connectivity index (χ2n) is 5.24. The van der Waals surface area contributed by atoms with Crippen LogP contribution in [-0.2, 0) is 6.54 Å². The molecule has 112 valence electrons. The van der Waals surface area contributed by atoms with E-state index in [0.717, 1.165) is 11.1 Å². The van der Waals surface area contributed by atoms with Crippen LogP contribution >= 0.6 is 23.2 Å². The first-order valence-corrected chi connectivity index (χ1v) is 7.40. The summed E-state index contributed by atoms with van der Waals surface area (Å²) in [5.74, 6) is -2.53. The van der Waals surface area contributed by atoms with Crippen molar-refractivity contribution in [2.75, 3.05) is 13.1 Å². The number of hydrogen-bond acceptors (Lipinski definition) is 3. The average molecular weight is 332 g/mol. The first-order valence-electron chi connectivity index (χ1n) is 6.65. The van der Waals surface area contributed by atoms with Crippen LogP contribution in [0.2, 0.25) is 10.3 Å². The van der Waals surface area contributed by atoms with Crippen LogP contribution in [0.3, 0.4) is 0 Å². The molecular formula is C14H13Cl2F2N3. The molecule has 1 aliphatic rings. The molecule has 3 nitrogen and oxygen atoms in total. The molecule has 0 saturated carbocycles. The molecule has 21 heavy (non-hydrogen) atoms. The third-order valence-corrected chi connectivity index (χ3v) is 4.12. The van der Waals surface area contributed by atoms with E-state index in [-0.39, 0.29) is 18.0 Å². The van der Waals surface area contributed by atoms with Gasteiger partial charge in [0.2, 0.25) is 0 Å². The van der Waals surface area contributed by atoms with Crippen LogP contribution in [0.25, 0.3) is 10.9 Å². The normalized spacial score (nSPS) is 19.0. The lowest BCUT2D eigenvalue weighted by Gasteiger charge is -2.31. The number of fused-ring (bicyclic) bond motifs is 1. The SMILES string of the molecule is FC1(F)CCN(Cc2ccc3c(Cl)nc(Cl)cc3n2)CC1. The summed E-state index contributed by atoms with van der Waals surface area (Å²) < 4.78 is 26.3. The summed E-state index contributed by atoms with van der Waals surface area (Å²) in [5.41, 5.74) is 1.48. The van der Waals surface area contributed by atoms with E-state index in [9.17, 15) is 8.78 Å². The largest absolute Gasteiger partial charge is 0.297 e. The van der Waals surface area contributed by atoms with Crippen LogP contribution < -0.4 is 0 Å². The zero-order chi connectivity index (χ0) is 15.0. The molecule has 0 radical (unpaired) electrons. The van der Waals surface area contributed by atoms with Gasteiger partial charge in [-0.3, -0.25) is 9.88 Å². The summed E-state index contributed by atoms with van der Waals surface area (Å²) in [4.78, 5) is 10.4. The van der Waals surface area contributed by atoms with Crippen LogP contribution in [0.5, 0.6) is 0 Å². The van der Waals surface area contributed by atoms with E-state index in [4.69, 9.17) is 23.2 Å². The minimum atomic E-state index is -2.53. The van der Waals surface area contributed by atoms with Crippen molar-refractivity contribution in [1.82, 2.24) is 14.9 Å². The van der Waals surface area contributed by atoms with E-state index in [1.165, 1.54) is 0 Å². The smallest absolute Gasteiger partial charge is 0.250 e. The van der Waals surface area contributed by atoms with Crippen LogP contribution in [0.15, 0.2) is 18.2 Å². The molecule has 0 bridgehead atoms. The van der Waals surface area contributed by atoms with Gasteiger partial charge in [-0.05, 0) is 12.1 Å². The molecule has 0 aliphatic carbocycles. The van der Waals surface area contributed by atoms with Gasteiger partial charge in [0.25, 0.3) is 5.92 Å². The molecule has 1 fully saturated rings. The Morgan fingerprint density at radius 3 is 2.57 bits per heavy atom. The quantitative estimate of drug-likeness (QED) is 0.773. The maximum atomic E-state index is 13.1. The minimum absolute atomic E-state index is 0.0951. The lowest BCUT2D eigenvalue weighted by Crippen LogP contribution is -2.38. The van der Waals surface area contributed by atoms with Crippen LogP contribution in [-0.4, -0.2) is 33.9 Å². The predicted molar refractivity (Wildman–Crippen MR) is 79.0 cm³/mol. The summed E-state index contributed by atoms with van der Waals surface area (Å²) >= 11 is 11.9. The molecule has 1 saturated heterocycles. The maximum Gasteiger partial charge on any atom is 0.250 e. The molecule has 0 aromatic carbocycles. The van der Waals surface area contributed by atoms with Crippen molar-refractivity contribution in [3.05, 3.63) is 34.2 Å². The number of pyridine rings is 2. The van der Waals surface area contributed by atoms with Crippen molar-refractivity contribution in [3.8, 4) is 0 Å². The monoisotopic (exact) mass is 331 g/mol. The Hall–Kier alpha value is -1.04. The van der Waals surface area contributed by atoms with Gasteiger partial charge in [0, 0.05) is 43.9 Å². The lowest BCUT2D eigenvalue weighted by atomic mass is 10.1. The van der Waals surface area contributed by atoms with Gasteiger partial charge in [-0.15, -0.1) is 0 Å². The highest BCUT2D eigenvalue weighted by Crippen LogP contribution is 2.29. The van der Waals surface area contributed by atoms with E-state index in [1.807, 2.05) is 17.0 Å². The summed E-state index contributed by atoms with van der Waals surface area (Å²) in [6.45, 7) is 1.30. The van der Waals surface area contributed by atoms with Gasteiger partial charge in [-0.2, -0.15) is 0 Å². The molecule has 0 N–H and O–H groups in total. The van der Waals surface area contributed by atoms with Gasteiger partial charge in [0.1, 0.15) is 10.3 Å². The van der Waals surface area contributed by atoms with Gasteiger partial charge in [-0.25, -0.2) is 13.8 Å². The number of nitrogens with zero attached hydrogens (tertiary/aromatic N) is 3. The van der Waals surface area contributed by atoms with Crippen LogP contribution in [0.4, 0.5) is 8.78 Å². The van der Waals surface area contributed by atoms with Crippen molar-refractivity contribution in [3.63, 3.8) is 0 Å². The number of hydrogen-bond donors (Lipinski definition) is 0. The van der Waals surface area contributed by atoms with Crippen LogP contribution in [0.1, 0.15) is 18.5 Å². The summed E-state index contributed by atoms with van der Waals surface area (Å²) in [5, 5.41) is 1.33. The molecule has 0 amide bonds. The topological polar surface area (TPSA) is 29.0 Å². The Morgan fingerprint density at radius 2 is 1.86 bits per heavy atom. The molecule has 2 aromatic heterocycles. The zero-order valence-electron chi connectivity index (χ0n) is 11.1. The number of piperidine rings is 1. The van der Waals surface area contributed by atoms with Crippen molar-refractivity contribution in [2.45, 2.75) is 25.3 Å². The van der Waals surface area contributed by atoms with Gasteiger partial charge in [-0.1, -0.05) is 23.2 Å². The van der Waals surface area contributed by atoms with E-state index in [1.54, 1.807) is 6.07 Å². The number of likely N-dealkylation sites (tertiary alicyclic amines) is 1. The van der Waals surface area contributed by atoms with Gasteiger partial charge in [0.15, 0.2) is 0 Å². The number of alkyl halides is 2. The van der Waals surface area contributed by atoms with Crippen molar-refractivity contribution >= 4 is 34.1 Å². The molecule has 3 heterocycles. The molecule has 0 spiro atoms. The first kappa shape index (κ1) is 14.9. The third-order valence-electron chi connectivity index (χ3n) is 3.64. The van der Waals surface area contributed by atoms with Crippen molar-refractivity contribution in [1.29, 1.82) is 0 Å². The highest BCUT2D eigenvalue weighted by Gasteiger charge is 2.33. The van der Waals surface area contributed by atoms with Gasteiger partial charge in [0.05, 0.1) is 11.2 Å². The molecule has 0 unspecified atom stereocenters. The van der Waals surface area contributed by atoms with E-state index >= 15 is 0 Å². The Balaban J connectivity index is 1.79. The van der Waals surface area contributed by atoms with Gasteiger partial charge >= 0.3 is 0 Å². The first-order chi connectivity index (χ1) is 9.93. The Kier molecular flexibility index (Phi) is 3.99. The highest BCUT2D eigenvalue weighted by atomic mass is 35.5. The molecule has 1 aliphatic heterocycles. The lowest BCUT2D eigenvalue weighted by molar-refractivity contribution is -0.0568. The van der Waals surface area contributed by atoms with Gasteiger partial charge < -0.3 is 0 Å². The number of halogens is 4. The highest BCUT2D eigenvalue weighted by molar-refractivity contribution is 6.36. The minimum Gasteiger partial charge on any atom is -0.297 e. The van der Waals surface area contributed by atoms with Crippen LogP contribution in [0, 0.1) is 0 Å². The molecular weight excluding hydrogens is 319 g/mol. The second kappa shape index (κ2) is 5.63. The van der Waals surface area contributed by atoms with Crippen molar-refractivity contribution < 1.29 is 8.78 Å². The predicted octanol–water partition coefficient (Wildman–Crippen LogP) is 4.17. The summed E-state index contributed by atoms with van der Waals surface area (Å²) in [7, 11) is 0. The zero-order valence-corrected chi connectivity index (χ0v) is 12.6. The summed E-state index contributed by atoms with van der Waals surface area (Å²) in [6.07, 6.45) is -0.190. The fourth-order valence-corrected chi connectivity index (χ4v) is 2.94. The number of aromatic nitrogens is 2. The Morgan fingerprint density at radius 1 is 1.14 bits per heavy atom. The fourth-order valence-electron chi connectivity index (χ4n) is 2.46. The van der Waals surface area contributed by atoms with E-state index in [0.29, 0.717) is 30.3 Å². The third kappa shape index (κ3) is 3.42. The Bertz CT molecular complexity index is 669.